The third kappa shape index (κ3) is 5.01. The van der Waals surface area contributed by atoms with Crippen LogP contribution in [0.2, 0.25) is 0 Å². The summed E-state index contributed by atoms with van der Waals surface area (Å²) in [4.78, 5) is 12.4. The second-order valence-electron chi connectivity index (χ2n) is 5.97. The van der Waals surface area contributed by atoms with Gasteiger partial charge in [-0.15, -0.1) is 12.4 Å². The number of amides is 1. The standard InChI is InChI=1S/C17H26N2O3.ClH/c1-11(12-7-8-15(21-2)16(10-12)22-3)19-17(20)13-5-4-6-14(18)9-13;/h7-8,10-11,13-14H,4-6,9,18H2,1-3H3,(H,19,20);1H. The van der Waals surface area contributed by atoms with Crippen LogP contribution in [-0.4, -0.2) is 26.2 Å². The molecule has 3 atom stereocenters. The largest absolute Gasteiger partial charge is 0.493 e. The molecule has 3 N–H and O–H groups in total. The van der Waals surface area contributed by atoms with Gasteiger partial charge in [0.25, 0.3) is 0 Å². The molecule has 0 spiro atoms. The van der Waals surface area contributed by atoms with Crippen molar-refractivity contribution in [2.45, 2.75) is 44.7 Å². The van der Waals surface area contributed by atoms with Crippen LogP contribution in [0.5, 0.6) is 11.5 Å². The molecular weight excluding hydrogens is 316 g/mol. The molecule has 0 bridgehead atoms. The third-order valence-electron chi connectivity index (χ3n) is 4.35. The fourth-order valence-electron chi connectivity index (χ4n) is 3.00. The molecule has 2 rings (SSSR count). The first-order valence-electron chi connectivity index (χ1n) is 7.83. The van der Waals surface area contributed by atoms with E-state index in [9.17, 15) is 4.79 Å². The molecule has 1 aromatic rings. The first-order chi connectivity index (χ1) is 10.5. The molecule has 130 valence electrons. The molecule has 0 aromatic heterocycles. The van der Waals surface area contributed by atoms with Crippen LogP contribution in [0.3, 0.4) is 0 Å². The van der Waals surface area contributed by atoms with Crippen molar-refractivity contribution in [3.8, 4) is 11.5 Å². The van der Waals surface area contributed by atoms with Crippen LogP contribution in [0.4, 0.5) is 0 Å². The number of carbonyl (C=O) groups is 1. The van der Waals surface area contributed by atoms with Gasteiger partial charge in [0, 0.05) is 12.0 Å². The van der Waals surface area contributed by atoms with E-state index in [0.717, 1.165) is 31.2 Å². The van der Waals surface area contributed by atoms with Gasteiger partial charge < -0.3 is 20.5 Å². The maximum Gasteiger partial charge on any atom is 0.223 e. The van der Waals surface area contributed by atoms with E-state index >= 15 is 0 Å². The summed E-state index contributed by atoms with van der Waals surface area (Å²) in [6.07, 6.45) is 3.77. The van der Waals surface area contributed by atoms with E-state index in [1.807, 2.05) is 25.1 Å². The predicted molar refractivity (Wildman–Crippen MR) is 93.3 cm³/mol. The Morgan fingerprint density at radius 2 is 1.96 bits per heavy atom. The number of benzene rings is 1. The van der Waals surface area contributed by atoms with Crippen molar-refractivity contribution < 1.29 is 14.3 Å². The molecular formula is C17H27ClN2O3. The highest BCUT2D eigenvalue weighted by Crippen LogP contribution is 2.30. The molecule has 1 saturated carbocycles. The summed E-state index contributed by atoms with van der Waals surface area (Å²) in [5.41, 5.74) is 6.96. The first kappa shape index (κ1) is 19.6. The lowest BCUT2D eigenvalue weighted by Crippen LogP contribution is -2.38. The van der Waals surface area contributed by atoms with E-state index in [1.165, 1.54) is 0 Å². The Morgan fingerprint density at radius 3 is 2.57 bits per heavy atom. The van der Waals surface area contributed by atoms with Crippen LogP contribution >= 0.6 is 12.4 Å². The summed E-state index contributed by atoms with van der Waals surface area (Å²) in [6.45, 7) is 1.97. The van der Waals surface area contributed by atoms with E-state index in [4.69, 9.17) is 15.2 Å². The number of rotatable bonds is 5. The van der Waals surface area contributed by atoms with Crippen LogP contribution in [0.1, 0.15) is 44.2 Å². The second kappa shape index (κ2) is 8.99. The zero-order valence-electron chi connectivity index (χ0n) is 14.0. The fraction of sp³-hybridized carbons (Fsp3) is 0.588. The van der Waals surface area contributed by atoms with Crippen LogP contribution in [-0.2, 0) is 4.79 Å². The van der Waals surface area contributed by atoms with E-state index in [1.54, 1.807) is 14.2 Å². The van der Waals surface area contributed by atoms with Crippen LogP contribution in [0.15, 0.2) is 18.2 Å². The van der Waals surface area contributed by atoms with E-state index in [0.29, 0.717) is 11.5 Å². The average Bonchev–Trinajstić information content (AvgIpc) is 2.54. The number of hydrogen-bond donors (Lipinski definition) is 2. The number of halogens is 1. The number of ether oxygens (including phenoxy) is 2. The number of nitrogens with two attached hydrogens (primary N) is 1. The molecule has 3 unspecified atom stereocenters. The minimum absolute atomic E-state index is 0. The van der Waals surface area contributed by atoms with Crippen molar-refractivity contribution >= 4 is 18.3 Å². The Kier molecular flexibility index (Phi) is 7.65. The summed E-state index contributed by atoms with van der Waals surface area (Å²) >= 11 is 0. The highest BCUT2D eigenvalue weighted by Gasteiger charge is 2.26. The molecule has 23 heavy (non-hydrogen) atoms. The summed E-state index contributed by atoms with van der Waals surface area (Å²) in [6, 6.07) is 5.77. The molecule has 1 fully saturated rings. The Labute approximate surface area is 144 Å². The van der Waals surface area contributed by atoms with Gasteiger partial charge in [-0.3, -0.25) is 4.79 Å². The van der Waals surface area contributed by atoms with Crippen LogP contribution in [0.25, 0.3) is 0 Å². The molecule has 0 saturated heterocycles. The van der Waals surface area contributed by atoms with Crippen molar-refractivity contribution in [2.24, 2.45) is 11.7 Å². The molecule has 1 aliphatic carbocycles. The van der Waals surface area contributed by atoms with Crippen molar-refractivity contribution in [2.75, 3.05) is 14.2 Å². The van der Waals surface area contributed by atoms with E-state index < -0.39 is 0 Å². The van der Waals surface area contributed by atoms with Gasteiger partial charge in [-0.25, -0.2) is 0 Å². The maximum absolute atomic E-state index is 12.4. The van der Waals surface area contributed by atoms with Gasteiger partial charge in [0.2, 0.25) is 5.91 Å². The lowest BCUT2D eigenvalue weighted by atomic mass is 9.85. The first-order valence-corrected chi connectivity index (χ1v) is 7.83. The van der Waals surface area contributed by atoms with Gasteiger partial charge in [0.15, 0.2) is 11.5 Å². The second-order valence-corrected chi connectivity index (χ2v) is 5.97. The van der Waals surface area contributed by atoms with Gasteiger partial charge >= 0.3 is 0 Å². The van der Waals surface area contributed by atoms with Crippen molar-refractivity contribution in [3.05, 3.63) is 23.8 Å². The Bertz CT molecular complexity index is 525. The van der Waals surface area contributed by atoms with Crippen LogP contribution < -0.4 is 20.5 Å². The minimum atomic E-state index is -0.0783. The van der Waals surface area contributed by atoms with Crippen LogP contribution in [0, 0.1) is 5.92 Å². The van der Waals surface area contributed by atoms with Crippen molar-refractivity contribution in [1.82, 2.24) is 5.32 Å². The maximum atomic E-state index is 12.4. The smallest absolute Gasteiger partial charge is 0.223 e. The number of carbonyl (C=O) groups excluding carboxylic acids is 1. The highest BCUT2D eigenvalue weighted by molar-refractivity contribution is 5.85. The lowest BCUT2D eigenvalue weighted by Gasteiger charge is -2.27. The quantitative estimate of drug-likeness (QED) is 0.863. The number of nitrogens with one attached hydrogen (secondary N) is 1. The molecule has 1 aromatic carbocycles. The summed E-state index contributed by atoms with van der Waals surface area (Å²) < 4.78 is 10.5. The van der Waals surface area contributed by atoms with Gasteiger partial charge in [0.1, 0.15) is 0 Å². The van der Waals surface area contributed by atoms with Gasteiger partial charge in [-0.1, -0.05) is 12.5 Å². The number of methoxy groups -OCH3 is 2. The fourth-order valence-corrected chi connectivity index (χ4v) is 3.00. The molecule has 0 heterocycles. The topological polar surface area (TPSA) is 73.6 Å². The summed E-state index contributed by atoms with van der Waals surface area (Å²) in [7, 11) is 3.21. The molecule has 0 radical (unpaired) electrons. The molecule has 0 aliphatic heterocycles. The zero-order chi connectivity index (χ0) is 16.1. The van der Waals surface area contributed by atoms with Crippen molar-refractivity contribution in [1.29, 1.82) is 0 Å². The Morgan fingerprint density at radius 1 is 1.26 bits per heavy atom. The summed E-state index contributed by atoms with van der Waals surface area (Å²) in [5, 5.41) is 3.08. The van der Waals surface area contributed by atoms with Gasteiger partial charge in [0.05, 0.1) is 20.3 Å². The Balaban J connectivity index is 0.00000264. The predicted octanol–water partition coefficient (Wildman–Crippen LogP) is 2.82. The minimum Gasteiger partial charge on any atom is -0.493 e. The highest BCUT2D eigenvalue weighted by atomic mass is 35.5. The Hall–Kier alpha value is -1.46. The molecule has 1 amide bonds. The van der Waals surface area contributed by atoms with Gasteiger partial charge in [-0.2, -0.15) is 0 Å². The SMILES string of the molecule is COc1ccc(C(C)NC(=O)C2CCCC(N)C2)cc1OC.Cl. The van der Waals surface area contributed by atoms with Crippen molar-refractivity contribution in [3.63, 3.8) is 0 Å². The zero-order valence-corrected chi connectivity index (χ0v) is 14.8. The summed E-state index contributed by atoms with van der Waals surface area (Å²) in [5.74, 6) is 1.48. The monoisotopic (exact) mass is 342 g/mol. The molecule has 5 nitrogen and oxygen atoms in total. The third-order valence-corrected chi connectivity index (χ3v) is 4.35. The van der Waals surface area contributed by atoms with Gasteiger partial charge in [-0.05, 0) is 43.9 Å². The normalized spacial score (nSPS) is 21.7. The molecule has 1 aliphatic rings. The average molecular weight is 343 g/mol. The van der Waals surface area contributed by atoms with E-state index in [2.05, 4.69) is 5.32 Å². The lowest BCUT2D eigenvalue weighted by molar-refractivity contribution is -0.126. The molecule has 6 heteroatoms. The number of hydrogen-bond acceptors (Lipinski definition) is 4. The van der Waals surface area contributed by atoms with E-state index in [-0.39, 0.29) is 36.3 Å².